The highest BCUT2D eigenvalue weighted by atomic mass is 32.2. The standard InChI is InChI=1S/C33H50N10O4S/c1-2-3-4-5-8-19-43-25-13-6-7-14-27(25)48-28-16-15-22(20-26(28)43)47-21-29(44)41-24(12-10-18-40-33(37)38)31(46)42-23(30(34)45)11-9-17-39-32(35)36/h6-7,13-16,20,23-24H,2-5,8-12,17-19,21H2,1H3,(H2,34,45)(H,41,44)(H,42,46)(H4,35,36,39)(H4,37,38,40)/t23-,24-/m0/s1. The van der Waals surface area contributed by atoms with E-state index in [0.29, 0.717) is 18.6 Å². The number of fused-ring (bicyclic) bond motifs is 2. The largest absolute Gasteiger partial charge is 0.484 e. The molecule has 0 fully saturated rings. The number of guanidine groups is 2. The van der Waals surface area contributed by atoms with E-state index in [4.69, 9.17) is 33.4 Å². The molecule has 1 aliphatic heterocycles. The lowest BCUT2D eigenvalue weighted by Gasteiger charge is -2.33. The van der Waals surface area contributed by atoms with Crippen molar-refractivity contribution in [2.45, 2.75) is 86.6 Å². The number of unbranched alkanes of at least 4 members (excludes halogenated alkanes) is 4. The molecule has 12 N–H and O–H groups in total. The lowest BCUT2D eigenvalue weighted by Crippen LogP contribution is -2.53. The van der Waals surface area contributed by atoms with E-state index in [1.165, 1.54) is 24.2 Å². The number of hydrogen-bond acceptors (Lipinski definition) is 8. The van der Waals surface area contributed by atoms with Gasteiger partial charge in [-0.05, 0) is 56.4 Å². The molecule has 48 heavy (non-hydrogen) atoms. The van der Waals surface area contributed by atoms with Gasteiger partial charge in [-0.25, -0.2) is 0 Å². The number of primary amides is 1. The molecule has 3 rings (SSSR count). The SMILES string of the molecule is CCCCCCCN1c2ccccc2Sc2ccc(OCC(=O)N[C@@H](CCCN=C(N)N)C(=O)N[C@@H](CCCN=C(N)N)C(N)=O)cc21. The fraction of sp³-hybridized carbons (Fsp3) is 0.485. The number of ether oxygens (including phenoxy) is 1. The summed E-state index contributed by atoms with van der Waals surface area (Å²) < 4.78 is 5.93. The molecule has 14 nitrogen and oxygen atoms in total. The molecule has 3 amide bonds. The van der Waals surface area contributed by atoms with E-state index in [0.717, 1.165) is 35.7 Å². The molecule has 1 aliphatic rings. The second-order valence-corrected chi connectivity index (χ2v) is 12.6. The molecule has 0 bridgehead atoms. The molecule has 1 heterocycles. The van der Waals surface area contributed by atoms with E-state index in [2.05, 4.69) is 44.6 Å². The van der Waals surface area contributed by atoms with Gasteiger partial charge in [-0.3, -0.25) is 24.4 Å². The highest BCUT2D eigenvalue weighted by Gasteiger charge is 2.26. The van der Waals surface area contributed by atoms with Gasteiger partial charge in [-0.2, -0.15) is 0 Å². The highest BCUT2D eigenvalue weighted by Crippen LogP contribution is 2.49. The van der Waals surface area contributed by atoms with Crippen molar-refractivity contribution < 1.29 is 19.1 Å². The maximum absolute atomic E-state index is 13.2. The molecule has 0 saturated carbocycles. The molecule has 0 saturated heterocycles. The quantitative estimate of drug-likeness (QED) is 0.0575. The molecule has 2 atom stereocenters. The van der Waals surface area contributed by atoms with Gasteiger partial charge in [0, 0.05) is 35.5 Å². The first-order valence-electron chi connectivity index (χ1n) is 16.4. The smallest absolute Gasteiger partial charge is 0.258 e. The van der Waals surface area contributed by atoms with E-state index in [1.54, 1.807) is 11.8 Å². The predicted octanol–water partition coefficient (Wildman–Crippen LogP) is 2.20. The molecular weight excluding hydrogens is 632 g/mol. The molecule has 0 aliphatic carbocycles. The maximum Gasteiger partial charge on any atom is 0.258 e. The van der Waals surface area contributed by atoms with Crippen molar-refractivity contribution in [1.82, 2.24) is 10.6 Å². The number of benzene rings is 2. The fourth-order valence-electron chi connectivity index (χ4n) is 5.23. The minimum Gasteiger partial charge on any atom is -0.484 e. The number of para-hydroxylation sites is 1. The average molecular weight is 683 g/mol. The van der Waals surface area contributed by atoms with Gasteiger partial charge >= 0.3 is 0 Å². The number of nitrogens with zero attached hydrogens (tertiary/aromatic N) is 3. The molecule has 2 aromatic rings. The second-order valence-electron chi connectivity index (χ2n) is 11.5. The van der Waals surface area contributed by atoms with E-state index in [9.17, 15) is 14.4 Å². The minimum absolute atomic E-state index is 0.0739. The molecular formula is C33H50N10O4S. The number of aliphatic imine (C=N–C) groups is 2. The van der Waals surface area contributed by atoms with E-state index >= 15 is 0 Å². The summed E-state index contributed by atoms with van der Waals surface area (Å²) >= 11 is 1.71. The number of nitrogens with two attached hydrogens (primary N) is 5. The summed E-state index contributed by atoms with van der Waals surface area (Å²) in [5.41, 5.74) is 29.2. The summed E-state index contributed by atoms with van der Waals surface area (Å²) in [4.78, 5) is 50.8. The molecule has 0 aromatic heterocycles. The van der Waals surface area contributed by atoms with E-state index in [1.807, 2.05) is 30.3 Å². The summed E-state index contributed by atoms with van der Waals surface area (Å²) in [5.74, 6) is -1.42. The summed E-state index contributed by atoms with van der Waals surface area (Å²) in [6.07, 6.45) is 7.07. The molecule has 262 valence electrons. The van der Waals surface area contributed by atoms with Gasteiger partial charge in [0.2, 0.25) is 11.8 Å². The third kappa shape index (κ3) is 12.5. The number of nitrogens with one attached hydrogen (secondary N) is 2. The van der Waals surface area contributed by atoms with Gasteiger partial charge in [0.25, 0.3) is 5.91 Å². The predicted molar refractivity (Wildman–Crippen MR) is 191 cm³/mol. The summed E-state index contributed by atoms with van der Waals surface area (Å²) in [7, 11) is 0. The van der Waals surface area contributed by atoms with Crippen LogP contribution in [-0.2, 0) is 14.4 Å². The Balaban J connectivity index is 1.67. The summed E-state index contributed by atoms with van der Waals surface area (Å²) in [5, 5.41) is 5.36. The Morgan fingerprint density at radius 3 is 2.10 bits per heavy atom. The fourth-order valence-corrected chi connectivity index (χ4v) is 6.31. The van der Waals surface area contributed by atoms with Crippen molar-refractivity contribution in [1.29, 1.82) is 0 Å². The number of carbonyl (C=O) groups is 3. The van der Waals surface area contributed by atoms with Gasteiger partial charge in [0.1, 0.15) is 17.8 Å². The van der Waals surface area contributed by atoms with Crippen molar-refractivity contribution in [3.8, 4) is 5.75 Å². The Labute approximate surface area is 286 Å². The highest BCUT2D eigenvalue weighted by molar-refractivity contribution is 7.99. The van der Waals surface area contributed by atoms with Crippen molar-refractivity contribution in [3.05, 3.63) is 42.5 Å². The first-order valence-corrected chi connectivity index (χ1v) is 17.2. The zero-order valence-corrected chi connectivity index (χ0v) is 28.5. The summed E-state index contributed by atoms with van der Waals surface area (Å²) in [6.45, 7) is 3.27. The normalized spacial score (nSPS) is 12.9. The van der Waals surface area contributed by atoms with Crippen LogP contribution in [0.15, 0.2) is 62.2 Å². The number of carbonyl (C=O) groups excluding carboxylic acids is 3. The van der Waals surface area contributed by atoms with Gasteiger partial charge in [-0.1, -0.05) is 56.5 Å². The van der Waals surface area contributed by atoms with Crippen molar-refractivity contribution in [2.24, 2.45) is 38.7 Å². The van der Waals surface area contributed by atoms with Crippen LogP contribution in [0.5, 0.6) is 5.75 Å². The van der Waals surface area contributed by atoms with Crippen LogP contribution in [0.4, 0.5) is 11.4 Å². The molecule has 0 spiro atoms. The van der Waals surface area contributed by atoms with Crippen LogP contribution in [0.1, 0.15) is 64.7 Å². The minimum atomic E-state index is -0.991. The monoisotopic (exact) mass is 682 g/mol. The Morgan fingerprint density at radius 1 is 0.792 bits per heavy atom. The van der Waals surface area contributed by atoms with Crippen molar-refractivity contribution in [2.75, 3.05) is 31.1 Å². The molecule has 2 aromatic carbocycles. The molecule has 15 heteroatoms. The third-order valence-electron chi connectivity index (χ3n) is 7.65. The topological polar surface area (TPSA) is 243 Å². The van der Waals surface area contributed by atoms with Crippen LogP contribution >= 0.6 is 11.8 Å². The summed E-state index contributed by atoms with van der Waals surface area (Å²) in [6, 6.07) is 12.2. The second kappa shape index (κ2) is 19.9. The first-order chi connectivity index (χ1) is 23.1. The van der Waals surface area contributed by atoms with Gasteiger partial charge in [0.15, 0.2) is 18.5 Å². The Hall–Kier alpha value is -4.66. The Kier molecular flexibility index (Phi) is 15.6. The number of anilines is 2. The van der Waals surface area contributed by atoms with E-state index in [-0.39, 0.29) is 44.5 Å². The lowest BCUT2D eigenvalue weighted by molar-refractivity contribution is -0.132. The van der Waals surface area contributed by atoms with Crippen LogP contribution < -0.4 is 48.9 Å². The van der Waals surface area contributed by atoms with Crippen LogP contribution in [0.25, 0.3) is 0 Å². The lowest BCUT2D eigenvalue weighted by atomic mass is 10.1. The van der Waals surface area contributed by atoms with E-state index < -0.39 is 29.8 Å². The van der Waals surface area contributed by atoms with Crippen LogP contribution in [0.3, 0.4) is 0 Å². The molecule has 0 unspecified atom stereocenters. The van der Waals surface area contributed by atoms with Gasteiger partial charge < -0.3 is 48.9 Å². The third-order valence-corrected chi connectivity index (χ3v) is 8.78. The zero-order chi connectivity index (χ0) is 34.9. The molecule has 0 radical (unpaired) electrons. The maximum atomic E-state index is 13.2. The van der Waals surface area contributed by atoms with Crippen molar-refractivity contribution in [3.63, 3.8) is 0 Å². The van der Waals surface area contributed by atoms with Crippen LogP contribution in [-0.4, -0.2) is 68.0 Å². The first kappa shape index (κ1) is 37.8. The van der Waals surface area contributed by atoms with Crippen LogP contribution in [0, 0.1) is 0 Å². The zero-order valence-electron chi connectivity index (χ0n) is 27.7. The van der Waals surface area contributed by atoms with Gasteiger partial charge in [-0.15, -0.1) is 0 Å². The number of amides is 3. The average Bonchev–Trinajstić information content (AvgIpc) is 3.05. The number of hydrogen-bond donors (Lipinski definition) is 7. The van der Waals surface area contributed by atoms with Crippen LogP contribution in [0.2, 0.25) is 0 Å². The van der Waals surface area contributed by atoms with Crippen molar-refractivity contribution >= 4 is 52.8 Å². The van der Waals surface area contributed by atoms with Gasteiger partial charge in [0.05, 0.1) is 11.4 Å². The Bertz CT molecular complexity index is 1430. The number of rotatable bonds is 21. The Morgan fingerprint density at radius 2 is 1.44 bits per heavy atom.